The molecule has 0 aliphatic carbocycles. The van der Waals surface area contributed by atoms with Crippen molar-refractivity contribution in [2.75, 3.05) is 5.32 Å². The van der Waals surface area contributed by atoms with Crippen molar-refractivity contribution in [2.24, 2.45) is 0 Å². The predicted molar refractivity (Wildman–Crippen MR) is 108 cm³/mol. The van der Waals surface area contributed by atoms with E-state index in [0.29, 0.717) is 16.5 Å². The van der Waals surface area contributed by atoms with Gasteiger partial charge in [0, 0.05) is 29.0 Å². The molecule has 0 saturated carbocycles. The summed E-state index contributed by atoms with van der Waals surface area (Å²) in [6.45, 7) is 2.03. The molecule has 0 aliphatic rings. The number of rotatable bonds is 5. The van der Waals surface area contributed by atoms with E-state index in [2.05, 4.69) is 15.5 Å². The van der Waals surface area contributed by atoms with Gasteiger partial charge in [-0.3, -0.25) is 0 Å². The number of aryl methyl sites for hydroxylation is 1. The monoisotopic (exact) mass is 397 g/mol. The van der Waals surface area contributed by atoms with E-state index in [1.54, 1.807) is 12.1 Å². The number of benzene rings is 2. The van der Waals surface area contributed by atoms with Crippen molar-refractivity contribution in [3.8, 4) is 5.75 Å². The Morgan fingerprint density at radius 3 is 2.93 bits per heavy atom. The number of aromatic nitrogens is 2. The Hall–Kier alpha value is -2.84. The van der Waals surface area contributed by atoms with Crippen LogP contribution in [0, 0.1) is 6.92 Å². The molecule has 0 radical (unpaired) electrons. The first-order valence-corrected chi connectivity index (χ1v) is 9.93. The Kier molecular flexibility index (Phi) is 4.83. The van der Waals surface area contributed by atoms with Crippen LogP contribution in [0.25, 0.3) is 11.0 Å². The lowest BCUT2D eigenvalue weighted by atomic mass is 10.1. The number of aromatic hydroxyl groups is 1. The maximum absolute atomic E-state index is 11.8. The first-order valence-electron chi connectivity index (χ1n) is 8.12. The third-order valence-electron chi connectivity index (χ3n) is 3.84. The zero-order chi connectivity index (χ0) is 18.8. The van der Waals surface area contributed by atoms with Crippen molar-refractivity contribution in [1.29, 1.82) is 0 Å². The fraction of sp³-hybridized carbons (Fsp3) is 0.105. The number of hydrogen-bond acceptors (Lipinski definition) is 8. The van der Waals surface area contributed by atoms with Crippen molar-refractivity contribution in [2.45, 2.75) is 17.0 Å². The van der Waals surface area contributed by atoms with E-state index in [-0.39, 0.29) is 5.75 Å². The number of nitrogens with one attached hydrogen (secondary N) is 1. The lowest BCUT2D eigenvalue weighted by Gasteiger charge is -2.04. The second-order valence-corrected chi connectivity index (χ2v) is 8.13. The van der Waals surface area contributed by atoms with Crippen molar-refractivity contribution < 1.29 is 9.52 Å². The molecular weight excluding hydrogens is 382 g/mol. The first kappa shape index (κ1) is 17.6. The molecule has 0 amide bonds. The maximum Gasteiger partial charge on any atom is 0.336 e. The number of phenolic OH excluding ortho intramolecular Hbond substituents is 1. The second kappa shape index (κ2) is 7.42. The molecule has 2 N–H and O–H groups in total. The lowest BCUT2D eigenvalue weighted by Crippen LogP contribution is -1.99. The molecule has 4 rings (SSSR count). The van der Waals surface area contributed by atoms with Crippen molar-refractivity contribution in [3.05, 3.63) is 70.1 Å². The van der Waals surface area contributed by atoms with E-state index in [1.807, 2.05) is 31.2 Å². The molecule has 2 aromatic carbocycles. The zero-order valence-electron chi connectivity index (χ0n) is 14.3. The van der Waals surface area contributed by atoms with Crippen LogP contribution in [0.3, 0.4) is 0 Å². The van der Waals surface area contributed by atoms with Gasteiger partial charge in [0.25, 0.3) is 0 Å². The van der Waals surface area contributed by atoms with E-state index in [9.17, 15) is 9.90 Å². The molecule has 136 valence electrons. The van der Waals surface area contributed by atoms with Crippen LogP contribution in [0.4, 0.5) is 10.8 Å². The van der Waals surface area contributed by atoms with Gasteiger partial charge in [-0.05, 0) is 42.3 Å². The average Bonchev–Trinajstić information content (AvgIpc) is 3.06. The van der Waals surface area contributed by atoms with Gasteiger partial charge in [0.2, 0.25) is 5.13 Å². The third kappa shape index (κ3) is 4.12. The summed E-state index contributed by atoms with van der Waals surface area (Å²) in [6, 6.07) is 14.3. The van der Waals surface area contributed by atoms with Gasteiger partial charge in [-0.1, -0.05) is 35.2 Å². The van der Waals surface area contributed by atoms with E-state index in [4.69, 9.17) is 4.42 Å². The molecule has 2 heterocycles. The molecule has 0 atom stereocenters. The lowest BCUT2D eigenvalue weighted by molar-refractivity contribution is 0.473. The molecule has 0 fully saturated rings. The highest BCUT2D eigenvalue weighted by Gasteiger charge is 2.10. The highest BCUT2D eigenvalue weighted by molar-refractivity contribution is 8.00. The first-order chi connectivity index (χ1) is 13.1. The Morgan fingerprint density at radius 1 is 1.19 bits per heavy atom. The summed E-state index contributed by atoms with van der Waals surface area (Å²) in [5.41, 5.74) is 2.89. The maximum atomic E-state index is 11.8. The van der Waals surface area contributed by atoms with Gasteiger partial charge in [-0.25, -0.2) is 4.79 Å². The van der Waals surface area contributed by atoms with Gasteiger partial charge >= 0.3 is 5.63 Å². The molecule has 4 aromatic rings. The fourth-order valence-corrected chi connectivity index (χ4v) is 4.41. The highest BCUT2D eigenvalue weighted by atomic mass is 32.2. The summed E-state index contributed by atoms with van der Waals surface area (Å²) in [7, 11) is 0. The van der Waals surface area contributed by atoms with Crippen molar-refractivity contribution >= 4 is 44.9 Å². The number of anilines is 2. The molecule has 0 saturated heterocycles. The molecule has 0 spiro atoms. The van der Waals surface area contributed by atoms with Gasteiger partial charge in [0.05, 0.1) is 0 Å². The third-order valence-corrected chi connectivity index (χ3v) is 5.86. The SMILES string of the molecule is Cc1cccc(Nc2nnc(SCc3cc(=O)oc4cc(O)ccc34)s2)c1. The molecule has 0 aliphatic heterocycles. The van der Waals surface area contributed by atoms with Gasteiger partial charge in [-0.2, -0.15) is 0 Å². The molecular formula is C19H15N3O3S2. The summed E-state index contributed by atoms with van der Waals surface area (Å²) in [5, 5.41) is 22.7. The normalized spacial score (nSPS) is 11.0. The van der Waals surface area contributed by atoms with E-state index in [0.717, 1.165) is 21.0 Å². The van der Waals surface area contributed by atoms with Crippen LogP contribution in [-0.2, 0) is 5.75 Å². The number of fused-ring (bicyclic) bond motifs is 1. The topological polar surface area (TPSA) is 88.3 Å². The summed E-state index contributed by atoms with van der Waals surface area (Å²) < 4.78 is 5.95. The molecule has 0 bridgehead atoms. The summed E-state index contributed by atoms with van der Waals surface area (Å²) in [5.74, 6) is 0.609. The Balaban J connectivity index is 1.50. The summed E-state index contributed by atoms with van der Waals surface area (Å²) in [6.07, 6.45) is 0. The quantitative estimate of drug-likeness (QED) is 0.373. The van der Waals surface area contributed by atoms with Crippen molar-refractivity contribution in [1.82, 2.24) is 10.2 Å². The van der Waals surface area contributed by atoms with Gasteiger partial charge in [0.1, 0.15) is 11.3 Å². The fourth-order valence-electron chi connectivity index (χ4n) is 2.64. The molecule has 0 unspecified atom stereocenters. The van der Waals surface area contributed by atoms with Crippen molar-refractivity contribution in [3.63, 3.8) is 0 Å². The molecule has 6 nitrogen and oxygen atoms in total. The minimum absolute atomic E-state index is 0.0615. The number of phenols is 1. The number of thioether (sulfide) groups is 1. The van der Waals surface area contributed by atoms with Crippen LogP contribution in [0.15, 0.2) is 62.1 Å². The molecule has 8 heteroatoms. The summed E-state index contributed by atoms with van der Waals surface area (Å²) in [4.78, 5) is 11.8. The van der Waals surface area contributed by atoms with Gasteiger partial charge in [-0.15, -0.1) is 10.2 Å². The van der Waals surface area contributed by atoms with Crippen LogP contribution < -0.4 is 10.9 Å². The highest BCUT2D eigenvalue weighted by Crippen LogP contribution is 2.32. The van der Waals surface area contributed by atoms with Gasteiger partial charge in [0.15, 0.2) is 4.34 Å². The number of hydrogen-bond donors (Lipinski definition) is 2. The largest absolute Gasteiger partial charge is 0.508 e. The average molecular weight is 397 g/mol. The molecule has 2 aromatic heterocycles. The predicted octanol–water partition coefficient (Wildman–Crippen LogP) is 4.69. The van der Waals surface area contributed by atoms with E-state index >= 15 is 0 Å². The standard InChI is InChI=1S/C19H15N3O3S2/c1-11-3-2-4-13(7-11)20-18-21-22-19(27-18)26-10-12-8-17(24)25-16-9-14(23)5-6-15(12)16/h2-9,23H,10H2,1H3,(H,20,21). The smallest absolute Gasteiger partial charge is 0.336 e. The minimum Gasteiger partial charge on any atom is -0.508 e. The Labute approximate surface area is 162 Å². The second-order valence-electron chi connectivity index (χ2n) is 5.93. The summed E-state index contributed by atoms with van der Waals surface area (Å²) >= 11 is 2.95. The van der Waals surface area contributed by atoms with E-state index in [1.165, 1.54) is 40.8 Å². The van der Waals surface area contributed by atoms with Crippen LogP contribution in [-0.4, -0.2) is 15.3 Å². The van der Waals surface area contributed by atoms with Gasteiger partial charge < -0.3 is 14.8 Å². The van der Waals surface area contributed by atoms with Crippen LogP contribution in [0.5, 0.6) is 5.75 Å². The van der Waals surface area contributed by atoms with Crippen LogP contribution in [0.1, 0.15) is 11.1 Å². The minimum atomic E-state index is -0.442. The zero-order valence-corrected chi connectivity index (χ0v) is 15.9. The van der Waals surface area contributed by atoms with Crippen LogP contribution in [0.2, 0.25) is 0 Å². The number of nitrogens with zero attached hydrogens (tertiary/aromatic N) is 2. The Morgan fingerprint density at radius 2 is 2.07 bits per heavy atom. The van der Waals surface area contributed by atoms with Crippen LogP contribution >= 0.6 is 23.1 Å². The Bertz CT molecular complexity index is 1170. The molecule has 27 heavy (non-hydrogen) atoms. The van der Waals surface area contributed by atoms with E-state index < -0.39 is 5.63 Å².